The topological polar surface area (TPSA) is 54.4 Å². The molecule has 0 bridgehead atoms. The molecule has 0 saturated heterocycles. The fraction of sp³-hybridized carbons (Fsp3) is 0.150. The lowest BCUT2D eigenvalue weighted by Gasteiger charge is -2.02. The van der Waals surface area contributed by atoms with Gasteiger partial charge in [-0.1, -0.05) is 48.0 Å². The van der Waals surface area contributed by atoms with Gasteiger partial charge in [-0.3, -0.25) is 9.78 Å². The summed E-state index contributed by atoms with van der Waals surface area (Å²) in [6.45, 7) is 0. The monoisotopic (exact) mass is 349 g/mol. The van der Waals surface area contributed by atoms with Crippen LogP contribution in [0.1, 0.15) is 23.5 Å². The number of carbonyl (C=O) groups is 1. The number of fused-ring (bicyclic) bond motifs is 1. The van der Waals surface area contributed by atoms with E-state index in [-0.39, 0.29) is 11.8 Å². The van der Waals surface area contributed by atoms with E-state index < -0.39 is 0 Å². The van der Waals surface area contributed by atoms with Crippen molar-refractivity contribution in [3.8, 4) is 0 Å². The summed E-state index contributed by atoms with van der Waals surface area (Å²) in [5, 5.41) is 5.58. The van der Waals surface area contributed by atoms with Crippen molar-refractivity contribution in [2.45, 2.75) is 12.3 Å². The van der Waals surface area contributed by atoms with Crippen molar-refractivity contribution in [3.63, 3.8) is 0 Å². The standard InChI is InChI=1S/C20H16ClN3O/c21-18-10-13(9-15-7-4-8-22-19(15)18)12-23-24-20(25)17-11-16(17)14-5-2-1-3-6-14/h1-10,12,16-17H,11H2,(H,24,25)/b23-12-. The van der Waals surface area contributed by atoms with Gasteiger partial charge in [0.2, 0.25) is 5.91 Å². The number of nitrogens with one attached hydrogen (secondary N) is 1. The first-order valence-electron chi connectivity index (χ1n) is 8.14. The average molecular weight is 350 g/mol. The number of aromatic nitrogens is 1. The molecule has 1 aliphatic carbocycles. The van der Waals surface area contributed by atoms with Crippen LogP contribution in [0.3, 0.4) is 0 Å². The zero-order valence-electron chi connectivity index (χ0n) is 13.4. The number of hydrogen-bond acceptors (Lipinski definition) is 3. The largest absolute Gasteiger partial charge is 0.273 e. The molecule has 0 spiro atoms. The molecule has 1 saturated carbocycles. The number of benzene rings is 2. The van der Waals surface area contributed by atoms with Crippen LogP contribution in [0.4, 0.5) is 0 Å². The molecule has 4 rings (SSSR count). The zero-order valence-corrected chi connectivity index (χ0v) is 14.1. The quantitative estimate of drug-likeness (QED) is 0.568. The molecule has 1 heterocycles. The number of pyridine rings is 1. The molecule has 124 valence electrons. The van der Waals surface area contributed by atoms with E-state index in [1.807, 2.05) is 36.4 Å². The summed E-state index contributed by atoms with van der Waals surface area (Å²) >= 11 is 6.24. The lowest BCUT2D eigenvalue weighted by molar-refractivity contribution is -0.122. The fourth-order valence-electron chi connectivity index (χ4n) is 3.05. The normalized spacial score (nSPS) is 19.2. The molecule has 1 aliphatic rings. The third-order valence-electron chi connectivity index (χ3n) is 4.42. The Morgan fingerprint density at radius 3 is 2.88 bits per heavy atom. The summed E-state index contributed by atoms with van der Waals surface area (Å²) < 4.78 is 0. The Morgan fingerprint density at radius 2 is 2.04 bits per heavy atom. The predicted molar refractivity (Wildman–Crippen MR) is 99.8 cm³/mol. The van der Waals surface area contributed by atoms with Crippen LogP contribution < -0.4 is 5.43 Å². The van der Waals surface area contributed by atoms with Gasteiger partial charge in [-0.2, -0.15) is 5.10 Å². The third kappa shape index (κ3) is 3.39. The molecule has 4 nitrogen and oxygen atoms in total. The summed E-state index contributed by atoms with van der Waals surface area (Å²) in [5.74, 6) is 0.264. The van der Waals surface area contributed by atoms with Gasteiger partial charge in [0.05, 0.1) is 16.8 Å². The number of halogens is 1. The highest BCUT2D eigenvalue weighted by Crippen LogP contribution is 2.47. The fourth-order valence-corrected chi connectivity index (χ4v) is 3.33. The van der Waals surface area contributed by atoms with Crippen molar-refractivity contribution in [1.82, 2.24) is 10.4 Å². The van der Waals surface area contributed by atoms with E-state index in [4.69, 9.17) is 11.6 Å². The molecular formula is C20H16ClN3O. The van der Waals surface area contributed by atoms with Gasteiger partial charge in [0.25, 0.3) is 0 Å². The highest BCUT2D eigenvalue weighted by molar-refractivity contribution is 6.35. The molecule has 1 N–H and O–H groups in total. The Labute approximate surface area is 150 Å². The smallest absolute Gasteiger partial charge is 0.243 e. The molecule has 25 heavy (non-hydrogen) atoms. The minimum absolute atomic E-state index is 0.00365. The Hall–Kier alpha value is -2.72. The molecule has 1 aromatic heterocycles. The maximum atomic E-state index is 12.2. The van der Waals surface area contributed by atoms with Crippen molar-refractivity contribution in [3.05, 3.63) is 76.9 Å². The molecule has 2 unspecified atom stereocenters. The van der Waals surface area contributed by atoms with E-state index in [9.17, 15) is 4.79 Å². The minimum Gasteiger partial charge on any atom is -0.273 e. The number of amides is 1. The first-order valence-corrected chi connectivity index (χ1v) is 8.52. The summed E-state index contributed by atoms with van der Waals surface area (Å²) in [5.41, 5.74) is 5.42. The molecule has 1 fully saturated rings. The summed E-state index contributed by atoms with van der Waals surface area (Å²) in [7, 11) is 0. The lowest BCUT2D eigenvalue weighted by atomic mass is 10.1. The highest BCUT2D eigenvalue weighted by Gasteiger charge is 2.43. The summed E-state index contributed by atoms with van der Waals surface area (Å²) in [4.78, 5) is 16.5. The van der Waals surface area contributed by atoms with Gasteiger partial charge in [0.1, 0.15) is 0 Å². The van der Waals surface area contributed by atoms with Crippen LogP contribution in [0.5, 0.6) is 0 Å². The SMILES string of the molecule is O=C(N/N=C\c1cc(Cl)c2ncccc2c1)C1CC1c1ccccc1. The van der Waals surface area contributed by atoms with Crippen molar-refractivity contribution < 1.29 is 4.79 Å². The van der Waals surface area contributed by atoms with E-state index in [0.717, 1.165) is 22.9 Å². The molecule has 2 atom stereocenters. The molecule has 2 aromatic carbocycles. The molecule has 0 radical (unpaired) electrons. The van der Waals surface area contributed by atoms with Crippen molar-refractivity contribution in [1.29, 1.82) is 0 Å². The van der Waals surface area contributed by atoms with E-state index in [1.165, 1.54) is 5.56 Å². The lowest BCUT2D eigenvalue weighted by Crippen LogP contribution is -2.20. The number of carbonyl (C=O) groups excluding carboxylic acids is 1. The molecule has 5 heteroatoms. The van der Waals surface area contributed by atoms with Crippen LogP contribution in [-0.2, 0) is 4.79 Å². The molecule has 0 aliphatic heterocycles. The Balaban J connectivity index is 1.41. The second kappa shape index (κ2) is 6.65. The van der Waals surface area contributed by atoms with Gasteiger partial charge in [0, 0.05) is 17.5 Å². The number of rotatable bonds is 4. The summed E-state index contributed by atoms with van der Waals surface area (Å²) in [6, 6.07) is 17.6. The van der Waals surface area contributed by atoms with Gasteiger partial charge in [-0.05, 0) is 41.7 Å². The zero-order chi connectivity index (χ0) is 17.2. The van der Waals surface area contributed by atoms with Gasteiger partial charge in [-0.25, -0.2) is 5.43 Å². The molecular weight excluding hydrogens is 334 g/mol. The number of hydrazone groups is 1. The van der Waals surface area contributed by atoms with E-state index in [2.05, 4.69) is 27.6 Å². The van der Waals surface area contributed by atoms with Crippen LogP contribution in [0.15, 0.2) is 65.9 Å². The van der Waals surface area contributed by atoms with Crippen LogP contribution in [-0.4, -0.2) is 17.1 Å². The Kier molecular flexibility index (Phi) is 4.20. The highest BCUT2D eigenvalue weighted by atomic mass is 35.5. The molecule has 1 amide bonds. The first kappa shape index (κ1) is 15.8. The second-order valence-corrected chi connectivity index (χ2v) is 6.58. The van der Waals surface area contributed by atoms with Crippen LogP contribution in [0, 0.1) is 5.92 Å². The average Bonchev–Trinajstić information content (AvgIpc) is 3.43. The third-order valence-corrected chi connectivity index (χ3v) is 4.71. The first-order chi connectivity index (χ1) is 12.2. The minimum atomic E-state index is -0.0429. The Bertz CT molecular complexity index is 956. The van der Waals surface area contributed by atoms with E-state index in [0.29, 0.717) is 10.9 Å². The number of hydrogen-bond donors (Lipinski definition) is 1. The summed E-state index contributed by atoms with van der Waals surface area (Å²) in [6.07, 6.45) is 4.19. The van der Waals surface area contributed by atoms with E-state index >= 15 is 0 Å². The van der Waals surface area contributed by atoms with Gasteiger partial charge >= 0.3 is 0 Å². The molecule has 3 aromatic rings. The number of nitrogens with zero attached hydrogens (tertiary/aromatic N) is 2. The van der Waals surface area contributed by atoms with Gasteiger partial charge < -0.3 is 0 Å². The second-order valence-electron chi connectivity index (χ2n) is 6.17. The van der Waals surface area contributed by atoms with E-state index in [1.54, 1.807) is 18.5 Å². The van der Waals surface area contributed by atoms with Gasteiger partial charge in [0.15, 0.2) is 0 Å². The van der Waals surface area contributed by atoms with Crippen LogP contribution >= 0.6 is 11.6 Å². The van der Waals surface area contributed by atoms with Crippen molar-refractivity contribution >= 4 is 34.6 Å². The van der Waals surface area contributed by atoms with Crippen molar-refractivity contribution in [2.75, 3.05) is 0 Å². The Morgan fingerprint density at radius 1 is 1.20 bits per heavy atom. The van der Waals surface area contributed by atoms with Crippen molar-refractivity contribution in [2.24, 2.45) is 11.0 Å². The van der Waals surface area contributed by atoms with Gasteiger partial charge in [-0.15, -0.1) is 0 Å². The predicted octanol–water partition coefficient (Wildman–Crippen LogP) is 4.14. The maximum Gasteiger partial charge on any atom is 0.243 e. The van der Waals surface area contributed by atoms with Crippen LogP contribution in [0.2, 0.25) is 5.02 Å². The van der Waals surface area contributed by atoms with Crippen LogP contribution in [0.25, 0.3) is 10.9 Å². The maximum absolute atomic E-state index is 12.2.